The Labute approximate surface area is 142 Å². The van der Waals surface area contributed by atoms with Crippen LogP contribution < -0.4 is 5.56 Å². The van der Waals surface area contributed by atoms with Gasteiger partial charge in [0.05, 0.1) is 17.1 Å². The number of aryl methyl sites for hydroxylation is 1. The Hall–Kier alpha value is -2.41. The Bertz CT molecular complexity index is 951. The van der Waals surface area contributed by atoms with Crippen LogP contribution >= 0.6 is 11.3 Å². The number of nitrogens with zero attached hydrogens (tertiary/aromatic N) is 2. The number of carboxylic acids is 1. The number of furan rings is 1. The molecule has 0 spiro atoms. The topological polar surface area (TPSA) is 85.3 Å². The summed E-state index contributed by atoms with van der Waals surface area (Å²) in [5.74, 6) is 0.247. The normalized spacial score (nSPS) is 12.0. The first kappa shape index (κ1) is 16.4. The van der Waals surface area contributed by atoms with E-state index in [1.54, 1.807) is 32.2 Å². The molecule has 0 aliphatic rings. The number of hydrogen-bond acceptors (Lipinski definition) is 5. The predicted molar refractivity (Wildman–Crippen MR) is 92.4 cm³/mol. The molecule has 0 saturated carbocycles. The highest BCUT2D eigenvalue weighted by Crippen LogP contribution is 2.31. The minimum Gasteiger partial charge on any atom is -0.481 e. The van der Waals surface area contributed by atoms with E-state index < -0.39 is 11.4 Å². The summed E-state index contributed by atoms with van der Waals surface area (Å²) in [7, 11) is 0. The molecule has 0 atom stereocenters. The molecule has 0 bridgehead atoms. The van der Waals surface area contributed by atoms with Crippen LogP contribution in [0.1, 0.15) is 26.6 Å². The van der Waals surface area contributed by atoms with Gasteiger partial charge in [-0.15, -0.1) is 11.3 Å². The van der Waals surface area contributed by atoms with Crippen LogP contribution in [0.5, 0.6) is 0 Å². The molecule has 0 unspecified atom stereocenters. The Morgan fingerprint density at radius 3 is 2.79 bits per heavy atom. The van der Waals surface area contributed by atoms with Crippen LogP contribution in [0.25, 0.3) is 21.5 Å². The van der Waals surface area contributed by atoms with E-state index in [0.29, 0.717) is 33.8 Å². The van der Waals surface area contributed by atoms with Gasteiger partial charge in [-0.3, -0.25) is 14.2 Å². The van der Waals surface area contributed by atoms with Crippen molar-refractivity contribution < 1.29 is 14.3 Å². The Morgan fingerprint density at radius 1 is 1.46 bits per heavy atom. The Morgan fingerprint density at radius 2 is 2.21 bits per heavy atom. The lowest BCUT2D eigenvalue weighted by Gasteiger charge is -2.22. The molecule has 0 saturated heterocycles. The zero-order chi connectivity index (χ0) is 17.5. The Balaban J connectivity index is 2.25. The van der Waals surface area contributed by atoms with Crippen LogP contribution in [0.2, 0.25) is 0 Å². The molecule has 3 heterocycles. The van der Waals surface area contributed by atoms with Crippen LogP contribution in [-0.2, 0) is 17.8 Å². The van der Waals surface area contributed by atoms with E-state index in [1.165, 1.54) is 15.9 Å². The highest BCUT2D eigenvalue weighted by Gasteiger charge is 2.30. The summed E-state index contributed by atoms with van der Waals surface area (Å²) in [5.41, 5.74) is -0.592. The Kier molecular flexibility index (Phi) is 4.04. The molecule has 0 amide bonds. The number of rotatable bonds is 5. The lowest BCUT2D eigenvalue weighted by Crippen LogP contribution is -2.36. The SMILES string of the molecule is CCc1nc2scc(-c3ccco3)c2c(=O)n1CC(C)(C)C(=O)O. The van der Waals surface area contributed by atoms with Gasteiger partial charge in [-0.2, -0.15) is 0 Å². The quantitative estimate of drug-likeness (QED) is 0.765. The molecule has 0 radical (unpaired) electrons. The highest BCUT2D eigenvalue weighted by atomic mass is 32.1. The summed E-state index contributed by atoms with van der Waals surface area (Å²) in [6.07, 6.45) is 2.10. The number of aliphatic carboxylic acids is 1. The number of aromatic nitrogens is 2. The van der Waals surface area contributed by atoms with E-state index in [9.17, 15) is 14.7 Å². The molecular weight excluding hydrogens is 328 g/mol. The molecule has 6 nitrogen and oxygen atoms in total. The summed E-state index contributed by atoms with van der Waals surface area (Å²) in [6.45, 7) is 5.18. The summed E-state index contributed by atoms with van der Waals surface area (Å²) >= 11 is 1.39. The molecular formula is C17H18N2O4S. The standard InChI is InChI=1S/C17H18N2O4S/c1-4-12-18-14-13(10(8-24-14)11-6-5-7-23-11)15(20)19(12)9-17(2,3)16(21)22/h5-8H,4,9H2,1-3H3,(H,21,22). The van der Waals surface area contributed by atoms with Crippen LogP contribution in [0.15, 0.2) is 33.0 Å². The molecule has 3 rings (SSSR count). The van der Waals surface area contributed by atoms with E-state index in [1.807, 2.05) is 12.3 Å². The van der Waals surface area contributed by atoms with Crippen LogP contribution in [0.4, 0.5) is 0 Å². The van der Waals surface area contributed by atoms with E-state index in [-0.39, 0.29) is 12.1 Å². The first-order valence-corrected chi connectivity index (χ1v) is 8.51. The van der Waals surface area contributed by atoms with Crippen molar-refractivity contribution in [2.45, 2.75) is 33.7 Å². The number of carbonyl (C=O) groups is 1. The third-order valence-corrected chi connectivity index (χ3v) is 4.88. The second kappa shape index (κ2) is 5.90. The summed E-state index contributed by atoms with van der Waals surface area (Å²) in [5, 5.41) is 11.7. The number of thiophene rings is 1. The van der Waals surface area contributed by atoms with Crippen molar-refractivity contribution in [2.75, 3.05) is 0 Å². The molecule has 0 fully saturated rings. The zero-order valence-corrected chi connectivity index (χ0v) is 14.5. The molecule has 126 valence electrons. The van der Waals surface area contributed by atoms with E-state index >= 15 is 0 Å². The summed E-state index contributed by atoms with van der Waals surface area (Å²) in [6, 6.07) is 3.55. The van der Waals surface area contributed by atoms with E-state index in [0.717, 1.165) is 0 Å². The fourth-order valence-corrected chi connectivity index (χ4v) is 3.51. The summed E-state index contributed by atoms with van der Waals surface area (Å²) in [4.78, 5) is 29.8. The molecule has 3 aromatic heterocycles. The highest BCUT2D eigenvalue weighted by molar-refractivity contribution is 7.17. The second-order valence-corrected chi connectivity index (χ2v) is 7.13. The number of carboxylic acid groups (broad SMARTS) is 1. The van der Waals surface area contributed by atoms with E-state index in [4.69, 9.17) is 4.42 Å². The first-order chi connectivity index (χ1) is 11.3. The van der Waals surface area contributed by atoms with Gasteiger partial charge >= 0.3 is 5.97 Å². The van der Waals surface area contributed by atoms with Crippen molar-refractivity contribution in [3.63, 3.8) is 0 Å². The third kappa shape index (κ3) is 2.65. The van der Waals surface area contributed by atoms with E-state index in [2.05, 4.69) is 4.98 Å². The first-order valence-electron chi connectivity index (χ1n) is 7.63. The molecule has 3 aromatic rings. The maximum Gasteiger partial charge on any atom is 0.310 e. The number of hydrogen-bond donors (Lipinski definition) is 1. The fraction of sp³-hybridized carbons (Fsp3) is 0.353. The maximum atomic E-state index is 13.1. The average molecular weight is 346 g/mol. The molecule has 24 heavy (non-hydrogen) atoms. The zero-order valence-electron chi connectivity index (χ0n) is 13.7. The average Bonchev–Trinajstić information content (AvgIpc) is 3.18. The lowest BCUT2D eigenvalue weighted by atomic mass is 9.93. The van der Waals surface area contributed by atoms with Crippen molar-refractivity contribution in [1.82, 2.24) is 9.55 Å². The van der Waals surface area contributed by atoms with Crippen molar-refractivity contribution >= 4 is 27.5 Å². The van der Waals surface area contributed by atoms with Gasteiger partial charge in [0.2, 0.25) is 0 Å². The molecule has 0 aromatic carbocycles. The van der Waals surface area contributed by atoms with Crippen LogP contribution in [0, 0.1) is 5.41 Å². The molecule has 1 N–H and O–H groups in total. The van der Waals surface area contributed by atoms with Crippen molar-refractivity contribution in [3.8, 4) is 11.3 Å². The minimum absolute atomic E-state index is 0.0702. The van der Waals surface area contributed by atoms with Crippen molar-refractivity contribution in [2.24, 2.45) is 5.41 Å². The van der Waals surface area contributed by atoms with Gasteiger partial charge in [-0.1, -0.05) is 6.92 Å². The van der Waals surface area contributed by atoms with Gasteiger partial charge in [0.1, 0.15) is 16.4 Å². The van der Waals surface area contributed by atoms with Crippen LogP contribution in [-0.4, -0.2) is 20.6 Å². The van der Waals surface area contributed by atoms with Gasteiger partial charge in [0.25, 0.3) is 5.56 Å². The largest absolute Gasteiger partial charge is 0.481 e. The fourth-order valence-electron chi connectivity index (χ4n) is 2.58. The van der Waals surface area contributed by atoms with Gasteiger partial charge < -0.3 is 9.52 Å². The monoisotopic (exact) mass is 346 g/mol. The predicted octanol–water partition coefficient (Wildman–Crippen LogP) is 3.39. The lowest BCUT2D eigenvalue weighted by molar-refractivity contribution is -0.147. The number of fused-ring (bicyclic) bond motifs is 1. The molecule has 7 heteroatoms. The van der Waals surface area contributed by atoms with Crippen molar-refractivity contribution in [1.29, 1.82) is 0 Å². The van der Waals surface area contributed by atoms with Gasteiger partial charge in [0, 0.05) is 23.9 Å². The molecule has 0 aliphatic heterocycles. The summed E-state index contributed by atoms with van der Waals surface area (Å²) < 4.78 is 6.89. The second-order valence-electron chi connectivity index (χ2n) is 6.27. The minimum atomic E-state index is -1.07. The van der Waals surface area contributed by atoms with Gasteiger partial charge in [-0.25, -0.2) is 4.98 Å². The van der Waals surface area contributed by atoms with Gasteiger partial charge in [0.15, 0.2) is 0 Å². The smallest absolute Gasteiger partial charge is 0.310 e. The van der Waals surface area contributed by atoms with Crippen molar-refractivity contribution in [3.05, 3.63) is 40.0 Å². The van der Waals surface area contributed by atoms with Crippen LogP contribution in [0.3, 0.4) is 0 Å². The third-order valence-electron chi connectivity index (χ3n) is 4.01. The molecule has 0 aliphatic carbocycles. The maximum absolute atomic E-state index is 13.1. The van der Waals surface area contributed by atoms with Gasteiger partial charge in [-0.05, 0) is 26.0 Å².